The van der Waals surface area contributed by atoms with Crippen molar-refractivity contribution in [1.29, 1.82) is 0 Å². The van der Waals surface area contributed by atoms with Crippen LogP contribution in [0.2, 0.25) is 0 Å². The van der Waals surface area contributed by atoms with Gasteiger partial charge in [-0.05, 0) is 73.8 Å². The first-order chi connectivity index (χ1) is 40.6. The van der Waals surface area contributed by atoms with Crippen LogP contribution in [0, 0.1) is 5.92 Å². The van der Waals surface area contributed by atoms with E-state index in [-0.39, 0.29) is 94.4 Å². The number of hydrogen-bond acceptors (Lipinski definition) is 15. The number of para-hydroxylation sites is 1. The van der Waals surface area contributed by atoms with Crippen molar-refractivity contribution in [2.75, 3.05) is 32.8 Å². The molecule has 6 rings (SSSR count). The molecule has 458 valence electrons. The maximum atomic E-state index is 14.4. The number of aliphatic imine (C=N–C) groups is 1. The van der Waals surface area contributed by atoms with Gasteiger partial charge in [-0.1, -0.05) is 44.2 Å². The molecule has 0 saturated carbocycles. The van der Waals surface area contributed by atoms with E-state index in [9.17, 15) is 63.0 Å². The number of phenols is 1. The van der Waals surface area contributed by atoms with Crippen LogP contribution in [0.1, 0.15) is 75.6 Å². The summed E-state index contributed by atoms with van der Waals surface area (Å²) in [6.07, 6.45) is 5.24. The number of guanidine groups is 1. The Balaban J connectivity index is 1.16. The number of aromatic nitrogens is 3. The zero-order chi connectivity index (χ0) is 61.7. The third-order valence-electron chi connectivity index (χ3n) is 14.1. The van der Waals surface area contributed by atoms with Gasteiger partial charge < -0.3 is 90.1 Å². The molecule has 0 spiro atoms. The Hall–Kier alpha value is -9.61. The molecule has 11 amide bonds. The van der Waals surface area contributed by atoms with Crippen LogP contribution in [0.25, 0.3) is 10.9 Å². The molecule has 2 saturated heterocycles. The molecule has 4 heterocycles. The number of likely N-dealkylation sites (tertiary alicyclic amines) is 1. The predicted octanol–water partition coefficient (Wildman–Crippen LogP) is -4.39. The quantitative estimate of drug-likeness (QED) is 0.0129. The number of fused-ring (bicyclic) bond motifs is 1. The van der Waals surface area contributed by atoms with Gasteiger partial charge in [-0.2, -0.15) is 0 Å². The van der Waals surface area contributed by atoms with Crippen molar-refractivity contribution in [2.24, 2.45) is 28.1 Å². The fourth-order valence-corrected chi connectivity index (χ4v) is 9.79. The number of carbonyl (C=O) groups excluding carboxylic acids is 11. The van der Waals surface area contributed by atoms with Gasteiger partial charge in [-0.15, -0.1) is 0 Å². The first-order valence-electron chi connectivity index (χ1n) is 27.8. The number of nitrogens with two attached hydrogens (primary N) is 3. The second-order valence-electron chi connectivity index (χ2n) is 21.2. The van der Waals surface area contributed by atoms with Crippen LogP contribution >= 0.6 is 0 Å². The third kappa shape index (κ3) is 19.5. The predicted molar refractivity (Wildman–Crippen MR) is 305 cm³/mol. The summed E-state index contributed by atoms with van der Waals surface area (Å²) < 4.78 is 0. The molecule has 1 unspecified atom stereocenters. The number of benzene rings is 2. The Kier molecular flexibility index (Phi) is 23.7. The minimum absolute atomic E-state index is 0.0156. The Morgan fingerprint density at radius 1 is 0.729 bits per heavy atom. The Morgan fingerprint density at radius 3 is 2.04 bits per heavy atom. The monoisotopic (exact) mass is 1180 g/mol. The Bertz CT molecular complexity index is 3060. The molecule has 2 fully saturated rings. The second kappa shape index (κ2) is 31.2. The fourth-order valence-electron chi connectivity index (χ4n) is 9.79. The lowest BCUT2D eigenvalue weighted by molar-refractivity contribution is -0.142. The SMILES string of the molecule is CC(C)C[C@H](NC(=O)CNC(=O)[C@H](Cc1ccc(O)cc1)NC(=O)[C@H](CO)NC(=O)[C@H](Cc1c[nH]c2ccccc12)NC(=O)[C@H](Cc1cnc[nH]1)NC(=O)[C@@H]1CCC(=O)N1)C(=O)N[C@@H](CCCN=C(N)N)C(=O)N1CCCC1C(=O)NCC(N)=O. The summed E-state index contributed by atoms with van der Waals surface area (Å²) in [5, 5.41) is 44.5. The highest BCUT2D eigenvalue weighted by Crippen LogP contribution is 2.22. The van der Waals surface area contributed by atoms with Crippen LogP contribution in [-0.2, 0) is 72.0 Å². The van der Waals surface area contributed by atoms with E-state index < -0.39 is 127 Å². The Labute approximate surface area is 488 Å². The molecular weight excluding hydrogens is 1110 g/mol. The number of aliphatic hydroxyl groups is 1. The molecule has 2 aliphatic rings. The van der Waals surface area contributed by atoms with Crippen molar-refractivity contribution in [3.8, 4) is 5.75 Å². The summed E-state index contributed by atoms with van der Waals surface area (Å²) in [4.78, 5) is 164. The highest BCUT2D eigenvalue weighted by Gasteiger charge is 2.39. The lowest BCUT2D eigenvalue weighted by Gasteiger charge is -2.30. The molecule has 8 atom stereocenters. The zero-order valence-electron chi connectivity index (χ0n) is 47.1. The number of imidazole rings is 1. The summed E-state index contributed by atoms with van der Waals surface area (Å²) in [6.45, 7) is 1.62. The number of aromatic hydroxyl groups is 1. The summed E-state index contributed by atoms with van der Waals surface area (Å²) in [6, 6.07) is 2.37. The molecule has 19 N–H and O–H groups in total. The van der Waals surface area contributed by atoms with Crippen molar-refractivity contribution in [3.63, 3.8) is 0 Å². The lowest BCUT2D eigenvalue weighted by Crippen LogP contribution is -2.60. The fraction of sp³-hybridized carbons (Fsp3) is 0.473. The van der Waals surface area contributed by atoms with Gasteiger partial charge in [-0.25, -0.2) is 4.98 Å². The number of carbonyl (C=O) groups is 11. The van der Waals surface area contributed by atoms with Crippen molar-refractivity contribution >= 4 is 81.8 Å². The van der Waals surface area contributed by atoms with Gasteiger partial charge >= 0.3 is 0 Å². The van der Waals surface area contributed by atoms with Crippen molar-refractivity contribution < 1.29 is 63.0 Å². The van der Waals surface area contributed by atoms with Gasteiger partial charge in [0.1, 0.15) is 54.1 Å². The molecule has 0 radical (unpaired) electrons. The van der Waals surface area contributed by atoms with Crippen molar-refractivity contribution in [2.45, 2.75) is 126 Å². The maximum Gasteiger partial charge on any atom is 0.245 e. The van der Waals surface area contributed by atoms with Gasteiger partial charge in [0.15, 0.2) is 5.96 Å². The van der Waals surface area contributed by atoms with Crippen LogP contribution in [0.15, 0.2) is 72.2 Å². The van der Waals surface area contributed by atoms with Gasteiger partial charge in [0.2, 0.25) is 65.0 Å². The molecule has 4 aromatic rings. The van der Waals surface area contributed by atoms with E-state index in [0.29, 0.717) is 34.1 Å². The molecule has 0 aliphatic carbocycles. The van der Waals surface area contributed by atoms with Crippen molar-refractivity contribution in [3.05, 3.63) is 84.1 Å². The molecule has 30 heteroatoms. The second-order valence-corrected chi connectivity index (χ2v) is 21.2. The number of nitrogens with zero attached hydrogens (tertiary/aromatic N) is 3. The highest BCUT2D eigenvalue weighted by atomic mass is 16.3. The van der Waals surface area contributed by atoms with Gasteiger partial charge in [0.25, 0.3) is 0 Å². The van der Waals surface area contributed by atoms with Crippen LogP contribution in [0.5, 0.6) is 5.75 Å². The van der Waals surface area contributed by atoms with E-state index in [0.717, 1.165) is 0 Å². The smallest absolute Gasteiger partial charge is 0.245 e. The van der Waals surface area contributed by atoms with Crippen molar-refractivity contribution in [1.82, 2.24) is 67.7 Å². The van der Waals surface area contributed by atoms with Crippen LogP contribution in [-0.4, -0.2) is 182 Å². The molecule has 2 aromatic carbocycles. The summed E-state index contributed by atoms with van der Waals surface area (Å²) >= 11 is 0. The topological polar surface area (TPSA) is 475 Å². The summed E-state index contributed by atoms with van der Waals surface area (Å²) in [7, 11) is 0. The number of primary amides is 1. The molecular formula is C55H75N17O13. The molecule has 2 aliphatic heterocycles. The first kappa shape index (κ1) is 64.6. The van der Waals surface area contributed by atoms with Crippen LogP contribution in [0.4, 0.5) is 0 Å². The van der Waals surface area contributed by atoms with Gasteiger partial charge in [0.05, 0.1) is 26.0 Å². The van der Waals surface area contributed by atoms with E-state index in [2.05, 4.69) is 67.8 Å². The zero-order valence-corrected chi connectivity index (χ0v) is 47.1. The number of nitrogens with one attached hydrogen (secondary N) is 11. The number of hydrogen-bond donors (Lipinski definition) is 16. The minimum atomic E-state index is -1.76. The lowest BCUT2D eigenvalue weighted by atomic mass is 10.0. The van der Waals surface area contributed by atoms with Crippen LogP contribution in [0.3, 0.4) is 0 Å². The first-order valence-corrected chi connectivity index (χ1v) is 27.8. The standard InChI is InChI=1S/C55H75N17O13/c1-29(2)19-38(49(80)67-37(9-5-17-60-55(57)58)54(85)72-18-6-10-43(72)53(84)62-25-44(56)75)66-46(77)26-63-47(78)39(20-30-11-13-33(74)14-12-30)68-52(83)42(27-73)71-50(81)40(21-31-23-61-35-8-4-3-7-34(31)35)69-51(82)41(22-32-24-59-28-64-32)70-48(79)36-15-16-45(76)65-36/h3-4,7-8,11-14,23-24,28-29,36-43,61,73-74H,5-6,9-10,15-22,25-27H2,1-2H3,(H2,56,75)(H,59,64)(H,62,84)(H,63,78)(H,65,76)(H,66,77)(H,67,80)(H,68,83)(H,69,82)(H,70,79)(H,71,81)(H4,57,58,60)/t36-,37-,38-,39-,40-,41-,42-,43?/m0/s1. The molecule has 85 heavy (non-hydrogen) atoms. The molecule has 30 nitrogen and oxygen atoms in total. The number of amides is 11. The number of phenolic OH excluding ortho intramolecular Hbond substituents is 1. The van der Waals surface area contributed by atoms with E-state index in [1.165, 1.54) is 41.7 Å². The van der Waals surface area contributed by atoms with Crippen LogP contribution < -0.4 is 65.1 Å². The maximum absolute atomic E-state index is 14.4. The van der Waals surface area contributed by atoms with E-state index in [4.69, 9.17) is 17.2 Å². The van der Waals surface area contributed by atoms with E-state index in [1.54, 1.807) is 44.3 Å². The number of rotatable bonds is 31. The Morgan fingerprint density at radius 2 is 1.39 bits per heavy atom. The average molecular weight is 1180 g/mol. The average Bonchev–Trinajstić information content (AvgIpc) is 4.32. The normalized spacial score (nSPS) is 16.8. The van der Waals surface area contributed by atoms with Gasteiger partial charge in [-0.3, -0.25) is 57.7 Å². The van der Waals surface area contributed by atoms with E-state index in [1.807, 2.05) is 0 Å². The minimum Gasteiger partial charge on any atom is -0.508 e. The third-order valence-corrected chi connectivity index (χ3v) is 14.1. The number of H-pyrrole nitrogens is 2. The summed E-state index contributed by atoms with van der Waals surface area (Å²) in [5.41, 5.74) is 18.3. The number of aromatic amines is 2. The van der Waals surface area contributed by atoms with Gasteiger partial charge in [0, 0.05) is 67.8 Å². The summed E-state index contributed by atoms with van der Waals surface area (Å²) in [5.74, 6) is -8.86. The largest absolute Gasteiger partial charge is 0.508 e. The highest BCUT2D eigenvalue weighted by molar-refractivity contribution is 5.99. The molecule has 2 aromatic heterocycles. The van der Waals surface area contributed by atoms with E-state index >= 15 is 0 Å². The number of aliphatic hydroxyl groups excluding tert-OH is 1. The molecule has 0 bridgehead atoms.